The molecule has 35 heavy (non-hydrogen) atoms. The number of carbonyl (C=O) groups is 1. The molecule has 3 aromatic rings. The lowest BCUT2D eigenvalue weighted by Gasteiger charge is -2.32. The highest BCUT2D eigenvalue weighted by Crippen LogP contribution is 2.41. The van der Waals surface area contributed by atoms with E-state index in [4.69, 9.17) is 0 Å². The molecule has 1 aliphatic carbocycles. The number of aromatic nitrogens is 5. The van der Waals surface area contributed by atoms with Crippen LogP contribution >= 0.6 is 0 Å². The number of pyridine rings is 1. The molecule has 1 atom stereocenters. The summed E-state index contributed by atoms with van der Waals surface area (Å²) in [6, 6.07) is 4.29. The number of nitrogens with zero attached hydrogens (tertiary/aromatic N) is 6. The van der Waals surface area contributed by atoms with Gasteiger partial charge in [-0.3, -0.25) is 14.5 Å². The number of anilines is 3. The number of amides is 1. The quantitative estimate of drug-likeness (QED) is 0.548. The third-order valence-corrected chi connectivity index (χ3v) is 6.35. The lowest BCUT2D eigenvalue weighted by molar-refractivity contribution is -0.144. The van der Waals surface area contributed by atoms with E-state index in [-0.39, 0.29) is 24.4 Å². The lowest BCUT2D eigenvalue weighted by atomic mass is 10.2. The highest BCUT2D eigenvalue weighted by Gasteiger charge is 2.38. The summed E-state index contributed by atoms with van der Waals surface area (Å²) in [5.74, 6) is 1.05. The summed E-state index contributed by atoms with van der Waals surface area (Å²) in [6.07, 6.45) is -1.09. The van der Waals surface area contributed by atoms with Crippen molar-refractivity contribution < 1.29 is 18.0 Å². The molecular formula is C23H25F3N8O. The van der Waals surface area contributed by atoms with Gasteiger partial charge in [0.05, 0.1) is 23.6 Å². The zero-order valence-corrected chi connectivity index (χ0v) is 19.5. The van der Waals surface area contributed by atoms with Gasteiger partial charge in [0.2, 0.25) is 11.9 Å². The number of fused-ring (bicyclic) bond motifs is 1. The van der Waals surface area contributed by atoms with E-state index in [1.54, 1.807) is 44.1 Å². The first-order valence-corrected chi connectivity index (χ1v) is 11.3. The number of alkyl halides is 3. The van der Waals surface area contributed by atoms with Crippen LogP contribution in [0.15, 0.2) is 24.4 Å². The molecule has 2 aliphatic rings. The van der Waals surface area contributed by atoms with Crippen molar-refractivity contribution in [2.45, 2.75) is 57.9 Å². The van der Waals surface area contributed by atoms with E-state index < -0.39 is 11.9 Å². The standard InChI is InChI=1S/C23H25F3N8O/c1-12-19-20(33(3)13(2)21(35)30-19)31-22(29-12)28-10-14-4-7-16(27-9-14)11-34-18(23(24,25)26)8-17(32-34)15-5-6-15/h4,7-9,13,15H,5-6,10-11H2,1-3H3,(H,30,35)(H,28,29,31). The fourth-order valence-electron chi connectivity index (χ4n) is 3.98. The second-order valence-corrected chi connectivity index (χ2v) is 9.00. The molecule has 3 aromatic heterocycles. The minimum Gasteiger partial charge on any atom is -0.350 e. The molecule has 4 heterocycles. The first-order chi connectivity index (χ1) is 16.6. The highest BCUT2D eigenvalue weighted by atomic mass is 19.4. The summed E-state index contributed by atoms with van der Waals surface area (Å²) in [4.78, 5) is 27.1. The molecular weight excluding hydrogens is 461 g/mol. The monoisotopic (exact) mass is 486 g/mol. The van der Waals surface area contributed by atoms with Crippen molar-refractivity contribution in [3.63, 3.8) is 0 Å². The van der Waals surface area contributed by atoms with Crippen molar-refractivity contribution >= 4 is 23.4 Å². The Morgan fingerprint density at radius 1 is 1.23 bits per heavy atom. The molecule has 1 fully saturated rings. The third kappa shape index (κ3) is 4.64. The van der Waals surface area contributed by atoms with E-state index in [1.165, 1.54) is 0 Å². The van der Waals surface area contributed by atoms with Crippen molar-refractivity contribution in [2.24, 2.45) is 0 Å². The maximum absolute atomic E-state index is 13.4. The summed E-state index contributed by atoms with van der Waals surface area (Å²) in [6.45, 7) is 3.91. The van der Waals surface area contributed by atoms with Crippen molar-refractivity contribution in [1.82, 2.24) is 24.7 Å². The summed E-state index contributed by atoms with van der Waals surface area (Å²) >= 11 is 0. The Hall–Kier alpha value is -3.70. The average Bonchev–Trinajstić information content (AvgIpc) is 3.57. The molecule has 0 bridgehead atoms. The minimum absolute atomic E-state index is 0.0569. The third-order valence-electron chi connectivity index (χ3n) is 6.35. The summed E-state index contributed by atoms with van der Waals surface area (Å²) < 4.78 is 41.3. The van der Waals surface area contributed by atoms with E-state index in [1.807, 2.05) is 0 Å². The van der Waals surface area contributed by atoms with Crippen LogP contribution in [0.3, 0.4) is 0 Å². The van der Waals surface area contributed by atoms with Gasteiger partial charge in [-0.2, -0.15) is 23.3 Å². The van der Waals surface area contributed by atoms with Crippen LogP contribution < -0.4 is 15.5 Å². The second kappa shape index (κ2) is 8.51. The van der Waals surface area contributed by atoms with Crippen LogP contribution in [0.4, 0.5) is 30.6 Å². The Morgan fingerprint density at radius 2 is 2.00 bits per heavy atom. The van der Waals surface area contributed by atoms with Gasteiger partial charge in [-0.25, -0.2) is 4.98 Å². The molecule has 0 radical (unpaired) electrons. The molecule has 1 saturated carbocycles. The predicted octanol–water partition coefficient (Wildman–Crippen LogP) is 3.71. The second-order valence-electron chi connectivity index (χ2n) is 9.00. The van der Waals surface area contributed by atoms with Crippen molar-refractivity contribution in [3.05, 3.63) is 52.7 Å². The largest absolute Gasteiger partial charge is 0.433 e. The Kier molecular flexibility index (Phi) is 5.60. The first kappa shape index (κ1) is 23.1. The van der Waals surface area contributed by atoms with Gasteiger partial charge in [0.1, 0.15) is 17.4 Å². The van der Waals surface area contributed by atoms with Crippen molar-refractivity contribution in [2.75, 3.05) is 22.6 Å². The Bertz CT molecular complexity index is 1270. The van der Waals surface area contributed by atoms with Gasteiger partial charge < -0.3 is 15.5 Å². The Balaban J connectivity index is 1.27. The van der Waals surface area contributed by atoms with Crippen LogP contribution in [-0.4, -0.2) is 43.7 Å². The summed E-state index contributed by atoms with van der Waals surface area (Å²) in [7, 11) is 1.80. The van der Waals surface area contributed by atoms with Gasteiger partial charge in [-0.15, -0.1) is 0 Å². The van der Waals surface area contributed by atoms with Crippen LogP contribution in [0.25, 0.3) is 0 Å². The lowest BCUT2D eigenvalue weighted by Crippen LogP contribution is -2.44. The topological polar surface area (TPSA) is 101 Å². The Morgan fingerprint density at radius 3 is 2.66 bits per heavy atom. The smallest absolute Gasteiger partial charge is 0.350 e. The number of hydrogen-bond acceptors (Lipinski definition) is 7. The van der Waals surface area contributed by atoms with E-state index in [0.717, 1.165) is 29.2 Å². The highest BCUT2D eigenvalue weighted by molar-refractivity contribution is 6.03. The number of rotatable bonds is 6. The number of hydrogen-bond donors (Lipinski definition) is 2. The van der Waals surface area contributed by atoms with Crippen molar-refractivity contribution in [1.29, 1.82) is 0 Å². The van der Waals surface area contributed by atoms with E-state index in [9.17, 15) is 18.0 Å². The van der Waals surface area contributed by atoms with E-state index in [0.29, 0.717) is 41.1 Å². The minimum atomic E-state index is -4.47. The van der Waals surface area contributed by atoms with Crippen LogP contribution in [0.5, 0.6) is 0 Å². The predicted molar refractivity (Wildman–Crippen MR) is 123 cm³/mol. The SMILES string of the molecule is Cc1nc(NCc2ccc(Cn3nc(C4CC4)cc3C(F)(F)F)nc2)nc2c1NC(=O)C(C)N2C. The van der Waals surface area contributed by atoms with E-state index in [2.05, 4.69) is 30.7 Å². The van der Waals surface area contributed by atoms with Crippen LogP contribution in [-0.2, 0) is 24.1 Å². The molecule has 184 valence electrons. The molecule has 1 aliphatic heterocycles. The number of carbonyl (C=O) groups excluding carboxylic acids is 1. The summed E-state index contributed by atoms with van der Waals surface area (Å²) in [5.41, 5.74) is 2.28. The van der Waals surface area contributed by atoms with Crippen LogP contribution in [0.2, 0.25) is 0 Å². The first-order valence-electron chi connectivity index (χ1n) is 11.3. The molecule has 12 heteroatoms. The maximum Gasteiger partial charge on any atom is 0.433 e. The zero-order valence-electron chi connectivity index (χ0n) is 19.5. The maximum atomic E-state index is 13.4. The number of likely N-dealkylation sites (N-methyl/N-ethyl adjacent to an activating group) is 1. The molecule has 9 nitrogen and oxygen atoms in total. The van der Waals surface area contributed by atoms with Gasteiger partial charge >= 0.3 is 6.18 Å². The van der Waals surface area contributed by atoms with Gasteiger partial charge in [-0.05, 0) is 44.4 Å². The number of nitrogens with one attached hydrogen (secondary N) is 2. The average molecular weight is 487 g/mol. The molecule has 0 spiro atoms. The van der Waals surface area contributed by atoms with Gasteiger partial charge in [0.25, 0.3) is 0 Å². The number of halogens is 3. The fourth-order valence-corrected chi connectivity index (χ4v) is 3.98. The van der Waals surface area contributed by atoms with Gasteiger partial charge in [0.15, 0.2) is 5.82 Å². The molecule has 0 aromatic carbocycles. The van der Waals surface area contributed by atoms with Gasteiger partial charge in [-0.1, -0.05) is 6.07 Å². The van der Waals surface area contributed by atoms with Gasteiger partial charge in [0, 0.05) is 25.7 Å². The van der Waals surface area contributed by atoms with Crippen molar-refractivity contribution in [3.8, 4) is 0 Å². The van der Waals surface area contributed by atoms with Crippen LogP contribution in [0.1, 0.15) is 54.0 Å². The Labute approximate surface area is 199 Å². The molecule has 5 rings (SSSR count). The fraction of sp³-hybridized carbons (Fsp3) is 0.435. The molecule has 1 unspecified atom stereocenters. The normalized spacial score (nSPS) is 17.8. The molecule has 1 amide bonds. The van der Waals surface area contributed by atoms with E-state index >= 15 is 0 Å². The van der Waals surface area contributed by atoms with Crippen LogP contribution in [0, 0.1) is 6.92 Å². The zero-order chi connectivity index (χ0) is 24.9. The molecule has 2 N–H and O–H groups in total. The molecule has 0 saturated heterocycles. The summed E-state index contributed by atoms with van der Waals surface area (Å²) in [5, 5.41) is 10.2. The number of aryl methyl sites for hydroxylation is 1.